The van der Waals surface area contributed by atoms with E-state index in [1.54, 1.807) is 0 Å². The second-order valence-electron chi connectivity index (χ2n) is 6.05. The number of rotatable bonds is 16. The van der Waals surface area contributed by atoms with Crippen LogP contribution in [0.5, 0.6) is 0 Å². The molecule has 0 unspecified atom stereocenters. The molecule has 0 bridgehead atoms. The zero-order valence-corrected chi connectivity index (χ0v) is 14.6. The number of unbranched alkanes of at least 4 members (excludes halogenated alkanes) is 10. The van der Waals surface area contributed by atoms with Crippen molar-refractivity contribution < 1.29 is 9.90 Å². The van der Waals surface area contributed by atoms with Gasteiger partial charge in [-0.05, 0) is 32.1 Å². The summed E-state index contributed by atoms with van der Waals surface area (Å²) in [5.41, 5.74) is 0. The van der Waals surface area contributed by atoms with Crippen molar-refractivity contribution in [2.45, 2.75) is 90.4 Å². The average Bonchev–Trinajstić information content (AvgIpc) is 2.53. The fourth-order valence-corrected chi connectivity index (χ4v) is 2.46. The SMILES string of the molecule is CCCCCCC/C=C/CCCCCCCC(=O)NCCO. The molecule has 0 saturated carbocycles. The Kier molecular flexibility index (Phi) is 17.5. The number of hydrogen-bond acceptors (Lipinski definition) is 2. The Hall–Kier alpha value is -0.830. The molecular weight excluding hydrogens is 274 g/mol. The van der Waals surface area contributed by atoms with Gasteiger partial charge in [0.2, 0.25) is 5.91 Å². The first-order valence-electron chi connectivity index (χ1n) is 9.33. The Morgan fingerprint density at radius 1 is 0.864 bits per heavy atom. The van der Waals surface area contributed by atoms with Crippen molar-refractivity contribution in [2.75, 3.05) is 13.2 Å². The molecule has 22 heavy (non-hydrogen) atoms. The smallest absolute Gasteiger partial charge is 0.220 e. The van der Waals surface area contributed by atoms with Crippen LogP contribution in [0.3, 0.4) is 0 Å². The monoisotopic (exact) mass is 311 g/mol. The highest BCUT2D eigenvalue weighted by molar-refractivity contribution is 5.75. The topological polar surface area (TPSA) is 49.3 Å². The van der Waals surface area contributed by atoms with E-state index in [4.69, 9.17) is 5.11 Å². The third-order valence-corrected chi connectivity index (χ3v) is 3.85. The number of aliphatic hydroxyl groups is 1. The van der Waals surface area contributed by atoms with Crippen LogP contribution < -0.4 is 5.32 Å². The van der Waals surface area contributed by atoms with E-state index in [0.717, 1.165) is 12.8 Å². The van der Waals surface area contributed by atoms with Gasteiger partial charge in [0.25, 0.3) is 0 Å². The summed E-state index contributed by atoms with van der Waals surface area (Å²) in [6.45, 7) is 2.66. The summed E-state index contributed by atoms with van der Waals surface area (Å²) in [6, 6.07) is 0. The molecule has 0 saturated heterocycles. The first-order chi connectivity index (χ1) is 10.8. The lowest BCUT2D eigenvalue weighted by molar-refractivity contribution is -0.121. The predicted octanol–water partition coefficient (Wildman–Crippen LogP) is 4.74. The van der Waals surface area contributed by atoms with E-state index in [-0.39, 0.29) is 12.5 Å². The largest absolute Gasteiger partial charge is 0.395 e. The lowest BCUT2D eigenvalue weighted by atomic mass is 10.1. The van der Waals surface area contributed by atoms with E-state index in [9.17, 15) is 4.79 Å². The van der Waals surface area contributed by atoms with Crippen LogP contribution in [0.4, 0.5) is 0 Å². The van der Waals surface area contributed by atoms with E-state index in [0.29, 0.717) is 13.0 Å². The zero-order chi connectivity index (χ0) is 16.3. The Morgan fingerprint density at radius 3 is 2.00 bits per heavy atom. The third-order valence-electron chi connectivity index (χ3n) is 3.85. The number of carbonyl (C=O) groups is 1. The summed E-state index contributed by atoms with van der Waals surface area (Å²) in [7, 11) is 0. The number of aliphatic hydroxyl groups excluding tert-OH is 1. The highest BCUT2D eigenvalue weighted by Gasteiger charge is 1.99. The molecular formula is C19H37NO2. The number of nitrogens with one attached hydrogen (secondary N) is 1. The van der Waals surface area contributed by atoms with Gasteiger partial charge in [0.1, 0.15) is 0 Å². The molecule has 0 aromatic heterocycles. The van der Waals surface area contributed by atoms with Gasteiger partial charge in [0, 0.05) is 13.0 Å². The molecule has 0 aliphatic rings. The van der Waals surface area contributed by atoms with E-state index in [1.165, 1.54) is 64.2 Å². The zero-order valence-electron chi connectivity index (χ0n) is 14.6. The molecule has 0 radical (unpaired) electrons. The Morgan fingerprint density at radius 2 is 1.41 bits per heavy atom. The Labute approximate surface area is 137 Å². The van der Waals surface area contributed by atoms with Crippen molar-refractivity contribution in [1.29, 1.82) is 0 Å². The van der Waals surface area contributed by atoms with Gasteiger partial charge in [-0.15, -0.1) is 0 Å². The molecule has 130 valence electrons. The summed E-state index contributed by atoms with van der Waals surface area (Å²) in [4.78, 5) is 11.3. The normalized spacial score (nSPS) is 11.2. The molecule has 0 rings (SSSR count). The number of allylic oxidation sites excluding steroid dienone is 2. The highest BCUT2D eigenvalue weighted by Crippen LogP contribution is 2.09. The average molecular weight is 312 g/mol. The van der Waals surface area contributed by atoms with Crippen LogP contribution in [0.25, 0.3) is 0 Å². The Balaban J connectivity index is 3.15. The summed E-state index contributed by atoms with van der Waals surface area (Å²) < 4.78 is 0. The maximum Gasteiger partial charge on any atom is 0.220 e. The minimum atomic E-state index is 0.0258. The van der Waals surface area contributed by atoms with Crippen molar-refractivity contribution in [2.24, 2.45) is 0 Å². The molecule has 0 aliphatic carbocycles. The molecule has 0 atom stereocenters. The van der Waals surface area contributed by atoms with Gasteiger partial charge in [-0.3, -0.25) is 4.79 Å². The molecule has 1 amide bonds. The summed E-state index contributed by atoms with van der Waals surface area (Å²) >= 11 is 0. The van der Waals surface area contributed by atoms with Crippen LogP contribution in [0.1, 0.15) is 90.4 Å². The van der Waals surface area contributed by atoms with Gasteiger partial charge in [-0.1, -0.05) is 64.0 Å². The van der Waals surface area contributed by atoms with Crippen LogP contribution in [-0.2, 0) is 4.79 Å². The fourth-order valence-electron chi connectivity index (χ4n) is 2.46. The maximum absolute atomic E-state index is 11.3. The van der Waals surface area contributed by atoms with Crippen LogP contribution in [-0.4, -0.2) is 24.2 Å². The molecule has 2 N–H and O–H groups in total. The lowest BCUT2D eigenvalue weighted by Gasteiger charge is -2.03. The van der Waals surface area contributed by atoms with Crippen molar-refractivity contribution >= 4 is 5.91 Å². The third kappa shape index (κ3) is 17.2. The minimum absolute atomic E-state index is 0.0258. The quantitative estimate of drug-likeness (QED) is 0.319. The van der Waals surface area contributed by atoms with Crippen LogP contribution in [0.15, 0.2) is 12.2 Å². The van der Waals surface area contributed by atoms with Gasteiger partial charge >= 0.3 is 0 Å². The van der Waals surface area contributed by atoms with Crippen LogP contribution in [0.2, 0.25) is 0 Å². The predicted molar refractivity (Wildman–Crippen MR) is 94.9 cm³/mol. The highest BCUT2D eigenvalue weighted by atomic mass is 16.3. The number of amides is 1. The molecule has 3 heteroatoms. The summed E-state index contributed by atoms with van der Waals surface area (Å²) in [6.07, 6.45) is 20.4. The fraction of sp³-hybridized carbons (Fsp3) is 0.842. The van der Waals surface area contributed by atoms with Gasteiger partial charge in [-0.2, -0.15) is 0 Å². The molecule has 0 heterocycles. The lowest BCUT2D eigenvalue weighted by Crippen LogP contribution is -2.25. The van der Waals surface area contributed by atoms with E-state index >= 15 is 0 Å². The van der Waals surface area contributed by atoms with E-state index in [1.807, 2.05) is 0 Å². The Bertz CT molecular complexity index is 264. The van der Waals surface area contributed by atoms with E-state index < -0.39 is 0 Å². The molecule has 3 nitrogen and oxygen atoms in total. The van der Waals surface area contributed by atoms with Gasteiger partial charge in [0.05, 0.1) is 6.61 Å². The first-order valence-corrected chi connectivity index (χ1v) is 9.33. The number of carbonyl (C=O) groups excluding carboxylic acids is 1. The van der Waals surface area contributed by atoms with Crippen molar-refractivity contribution in [3.63, 3.8) is 0 Å². The van der Waals surface area contributed by atoms with Crippen LogP contribution in [0, 0.1) is 0 Å². The second kappa shape index (κ2) is 18.2. The molecule has 0 spiro atoms. The molecule has 0 aliphatic heterocycles. The maximum atomic E-state index is 11.3. The van der Waals surface area contributed by atoms with Gasteiger partial charge in [0.15, 0.2) is 0 Å². The van der Waals surface area contributed by atoms with E-state index in [2.05, 4.69) is 24.4 Å². The molecule has 0 aromatic carbocycles. The number of hydrogen-bond donors (Lipinski definition) is 2. The first kappa shape index (κ1) is 21.2. The summed E-state index contributed by atoms with van der Waals surface area (Å²) in [5.74, 6) is 0.0657. The molecule has 0 aromatic rings. The van der Waals surface area contributed by atoms with Gasteiger partial charge < -0.3 is 10.4 Å². The standard InChI is InChI=1S/C19H37NO2/c1-2-3-4-5-6-7-8-9-10-11-12-13-14-15-16-19(22)20-17-18-21/h8-9,21H,2-7,10-18H2,1H3,(H,20,22)/b9-8+. The second-order valence-corrected chi connectivity index (χ2v) is 6.05. The van der Waals surface area contributed by atoms with Crippen molar-refractivity contribution in [3.8, 4) is 0 Å². The van der Waals surface area contributed by atoms with Crippen molar-refractivity contribution in [3.05, 3.63) is 12.2 Å². The molecule has 0 fully saturated rings. The van der Waals surface area contributed by atoms with Crippen molar-refractivity contribution in [1.82, 2.24) is 5.32 Å². The summed E-state index contributed by atoms with van der Waals surface area (Å²) in [5, 5.41) is 11.3. The van der Waals surface area contributed by atoms with Crippen LogP contribution >= 0.6 is 0 Å². The van der Waals surface area contributed by atoms with Gasteiger partial charge in [-0.25, -0.2) is 0 Å². The minimum Gasteiger partial charge on any atom is -0.395 e.